The molecule has 0 saturated carbocycles. The van der Waals surface area contributed by atoms with Crippen LogP contribution in [0.2, 0.25) is 0 Å². The summed E-state index contributed by atoms with van der Waals surface area (Å²) in [5.41, 5.74) is 7.15. The minimum atomic E-state index is -1.31. The van der Waals surface area contributed by atoms with Crippen LogP contribution in [-0.2, 0) is 36.8 Å². The molecular weight excluding hydrogens is 532 g/mol. The Kier molecular flexibility index (Phi) is 12.8. The van der Waals surface area contributed by atoms with Crippen molar-refractivity contribution in [2.24, 2.45) is 11.7 Å². The first kappa shape index (κ1) is 32.8. The lowest BCUT2D eigenvalue weighted by molar-refractivity contribution is -0.142. The maximum atomic E-state index is 13.4. The van der Waals surface area contributed by atoms with E-state index in [-0.39, 0.29) is 30.9 Å². The van der Waals surface area contributed by atoms with E-state index in [4.69, 9.17) is 10.8 Å². The van der Waals surface area contributed by atoms with Crippen molar-refractivity contribution in [3.63, 3.8) is 0 Å². The van der Waals surface area contributed by atoms with Crippen LogP contribution in [0.25, 0.3) is 0 Å². The molecule has 0 aliphatic carbocycles. The lowest BCUT2D eigenvalue weighted by Gasteiger charge is -2.25. The Balaban J connectivity index is 2.28. The van der Waals surface area contributed by atoms with E-state index in [0.717, 1.165) is 0 Å². The van der Waals surface area contributed by atoms with Gasteiger partial charge in [0.15, 0.2) is 0 Å². The Hall–Kier alpha value is -4.45. The van der Waals surface area contributed by atoms with Crippen molar-refractivity contribution in [2.45, 2.75) is 70.1 Å². The molecule has 0 fully saturated rings. The molecule has 41 heavy (non-hydrogen) atoms. The normalized spacial score (nSPS) is 13.9. The van der Waals surface area contributed by atoms with Crippen molar-refractivity contribution in [1.82, 2.24) is 16.0 Å². The molecule has 0 heterocycles. The van der Waals surface area contributed by atoms with E-state index in [1.54, 1.807) is 30.3 Å². The number of carbonyl (C=O) groups excluding carboxylic acids is 3. The maximum absolute atomic E-state index is 13.4. The van der Waals surface area contributed by atoms with Gasteiger partial charge < -0.3 is 37.0 Å². The number of hydrogen-bond donors (Lipinski definition) is 7. The number of aliphatic carboxylic acids is 2. The summed E-state index contributed by atoms with van der Waals surface area (Å²) in [6, 6.07) is 9.72. The third kappa shape index (κ3) is 11.7. The molecule has 12 nitrogen and oxygen atoms in total. The fraction of sp³-hybridized carbons (Fsp3) is 0.414. The third-order valence-electron chi connectivity index (χ3n) is 6.25. The second-order valence-electron chi connectivity index (χ2n) is 10.3. The number of phenols is 1. The summed E-state index contributed by atoms with van der Waals surface area (Å²) < 4.78 is 0. The van der Waals surface area contributed by atoms with Crippen LogP contribution in [0.4, 0.5) is 0 Å². The Morgan fingerprint density at radius 1 is 0.732 bits per heavy atom. The molecule has 0 saturated heterocycles. The second kappa shape index (κ2) is 16.0. The van der Waals surface area contributed by atoms with Gasteiger partial charge in [0, 0.05) is 19.3 Å². The molecule has 2 aromatic carbocycles. The standard InChI is InChI=1S/C29H38N4O8/c1-17(2)14-21(30)26(37)31-22(12-13-25(35)36)27(38)32-23(15-19-8-10-20(34)11-9-19)28(39)33-24(29(40)41)16-18-6-4-3-5-7-18/h3-11,17,21-24,34H,12-16,30H2,1-2H3,(H,31,37)(H,32,38)(H,33,39)(H,35,36)(H,40,41). The van der Waals surface area contributed by atoms with Gasteiger partial charge in [-0.2, -0.15) is 0 Å². The number of hydrogen-bond acceptors (Lipinski definition) is 7. The van der Waals surface area contributed by atoms with Crippen LogP contribution in [0.15, 0.2) is 54.6 Å². The zero-order chi connectivity index (χ0) is 30.5. The highest BCUT2D eigenvalue weighted by Crippen LogP contribution is 2.13. The number of rotatable bonds is 16. The van der Waals surface area contributed by atoms with Crippen LogP contribution in [0.5, 0.6) is 5.75 Å². The first-order chi connectivity index (χ1) is 19.3. The maximum Gasteiger partial charge on any atom is 0.326 e. The Morgan fingerprint density at radius 2 is 1.24 bits per heavy atom. The van der Waals surface area contributed by atoms with Crippen LogP contribution >= 0.6 is 0 Å². The molecule has 2 rings (SSSR count). The zero-order valence-electron chi connectivity index (χ0n) is 23.1. The van der Waals surface area contributed by atoms with Crippen LogP contribution in [0.3, 0.4) is 0 Å². The molecular formula is C29H38N4O8. The van der Waals surface area contributed by atoms with Gasteiger partial charge in [0.25, 0.3) is 0 Å². The highest BCUT2D eigenvalue weighted by Gasteiger charge is 2.31. The van der Waals surface area contributed by atoms with Gasteiger partial charge in [-0.15, -0.1) is 0 Å². The number of aromatic hydroxyl groups is 1. The van der Waals surface area contributed by atoms with Crippen LogP contribution in [0.1, 0.15) is 44.2 Å². The minimum absolute atomic E-state index is 0.00712. The number of amides is 3. The molecule has 222 valence electrons. The predicted octanol–water partition coefficient (Wildman–Crippen LogP) is 0.955. The van der Waals surface area contributed by atoms with Gasteiger partial charge >= 0.3 is 11.9 Å². The van der Waals surface area contributed by atoms with Gasteiger partial charge in [0.2, 0.25) is 17.7 Å². The summed E-state index contributed by atoms with van der Waals surface area (Å²) in [4.78, 5) is 62.5. The number of carboxylic acid groups (broad SMARTS) is 2. The topological polar surface area (TPSA) is 208 Å². The van der Waals surface area contributed by atoms with E-state index in [1.165, 1.54) is 24.3 Å². The summed E-state index contributed by atoms with van der Waals surface area (Å²) in [5, 5.41) is 36.0. The van der Waals surface area contributed by atoms with Gasteiger partial charge in [-0.1, -0.05) is 56.3 Å². The van der Waals surface area contributed by atoms with Crippen molar-refractivity contribution in [3.8, 4) is 5.75 Å². The van der Waals surface area contributed by atoms with E-state index in [2.05, 4.69) is 16.0 Å². The first-order valence-corrected chi connectivity index (χ1v) is 13.3. The Bertz CT molecular complexity index is 1190. The number of benzene rings is 2. The van der Waals surface area contributed by atoms with Gasteiger partial charge in [-0.25, -0.2) is 4.79 Å². The van der Waals surface area contributed by atoms with Crippen molar-refractivity contribution in [1.29, 1.82) is 0 Å². The number of carboxylic acids is 2. The number of carbonyl (C=O) groups is 5. The molecule has 0 aromatic heterocycles. The van der Waals surface area contributed by atoms with Crippen LogP contribution in [0, 0.1) is 5.92 Å². The van der Waals surface area contributed by atoms with Crippen molar-refractivity contribution >= 4 is 29.7 Å². The van der Waals surface area contributed by atoms with E-state index in [9.17, 15) is 34.2 Å². The van der Waals surface area contributed by atoms with Crippen molar-refractivity contribution < 1.29 is 39.3 Å². The monoisotopic (exact) mass is 570 g/mol. The number of nitrogens with one attached hydrogen (secondary N) is 3. The van der Waals surface area contributed by atoms with E-state index in [0.29, 0.717) is 17.5 Å². The van der Waals surface area contributed by atoms with Crippen LogP contribution < -0.4 is 21.7 Å². The predicted molar refractivity (Wildman–Crippen MR) is 150 cm³/mol. The van der Waals surface area contributed by atoms with Crippen molar-refractivity contribution in [3.05, 3.63) is 65.7 Å². The lowest BCUT2D eigenvalue weighted by Crippen LogP contribution is -2.58. The summed E-state index contributed by atoms with van der Waals surface area (Å²) >= 11 is 0. The van der Waals surface area contributed by atoms with Gasteiger partial charge in [0.05, 0.1) is 6.04 Å². The van der Waals surface area contributed by atoms with E-state index < -0.39 is 60.2 Å². The average molecular weight is 571 g/mol. The molecule has 4 atom stereocenters. The fourth-order valence-electron chi connectivity index (χ4n) is 4.10. The third-order valence-corrected chi connectivity index (χ3v) is 6.25. The second-order valence-corrected chi connectivity index (χ2v) is 10.3. The molecule has 2 aromatic rings. The fourth-order valence-corrected chi connectivity index (χ4v) is 4.10. The molecule has 0 aliphatic rings. The SMILES string of the molecule is CC(C)CC(N)C(=O)NC(CCC(=O)O)C(=O)NC(Cc1ccc(O)cc1)C(=O)NC(Cc1ccccc1)C(=O)O. The van der Waals surface area contributed by atoms with Gasteiger partial charge in [0.1, 0.15) is 23.9 Å². The highest BCUT2D eigenvalue weighted by atomic mass is 16.4. The molecule has 4 unspecified atom stereocenters. The molecule has 0 radical (unpaired) electrons. The highest BCUT2D eigenvalue weighted by molar-refractivity contribution is 5.94. The van der Waals surface area contributed by atoms with E-state index >= 15 is 0 Å². The largest absolute Gasteiger partial charge is 0.508 e. The summed E-state index contributed by atoms with van der Waals surface area (Å²) in [6.07, 6.45) is -0.455. The number of nitrogens with two attached hydrogens (primary N) is 1. The lowest BCUT2D eigenvalue weighted by atomic mass is 10.0. The Labute approximate surface area is 238 Å². The van der Waals surface area contributed by atoms with E-state index in [1.807, 2.05) is 13.8 Å². The zero-order valence-corrected chi connectivity index (χ0v) is 23.1. The molecule has 3 amide bonds. The molecule has 8 N–H and O–H groups in total. The summed E-state index contributed by atoms with van der Waals surface area (Å²) in [7, 11) is 0. The summed E-state index contributed by atoms with van der Waals surface area (Å²) in [5.74, 6) is -4.65. The molecule has 0 bridgehead atoms. The number of phenolic OH excluding ortho intramolecular Hbond substituents is 1. The Morgan fingerprint density at radius 3 is 1.80 bits per heavy atom. The van der Waals surface area contributed by atoms with Gasteiger partial charge in [-0.05, 0) is 42.0 Å². The smallest absolute Gasteiger partial charge is 0.326 e. The molecule has 0 spiro atoms. The van der Waals surface area contributed by atoms with Gasteiger partial charge in [-0.3, -0.25) is 19.2 Å². The molecule has 0 aliphatic heterocycles. The van der Waals surface area contributed by atoms with Crippen molar-refractivity contribution in [2.75, 3.05) is 0 Å². The quantitative estimate of drug-likeness (QED) is 0.153. The summed E-state index contributed by atoms with van der Waals surface area (Å²) in [6.45, 7) is 3.74. The average Bonchev–Trinajstić information content (AvgIpc) is 2.91. The first-order valence-electron chi connectivity index (χ1n) is 13.3. The minimum Gasteiger partial charge on any atom is -0.508 e. The van der Waals surface area contributed by atoms with Crippen LogP contribution in [-0.4, -0.2) is 69.1 Å². The molecule has 12 heteroatoms.